The van der Waals surface area contributed by atoms with Gasteiger partial charge in [-0.3, -0.25) is 4.79 Å². The predicted octanol–water partition coefficient (Wildman–Crippen LogP) is -0.255. The van der Waals surface area contributed by atoms with Gasteiger partial charge in [-0.1, -0.05) is 0 Å². The Morgan fingerprint density at radius 2 is 2.41 bits per heavy atom. The van der Waals surface area contributed by atoms with Crippen molar-refractivity contribution in [2.24, 2.45) is 0 Å². The van der Waals surface area contributed by atoms with E-state index in [4.69, 9.17) is 4.74 Å². The summed E-state index contributed by atoms with van der Waals surface area (Å²) in [5.41, 5.74) is 0.251. The van der Waals surface area contributed by atoms with Crippen LogP contribution in [0.15, 0.2) is 18.3 Å². The van der Waals surface area contributed by atoms with Crippen molar-refractivity contribution < 1.29 is 14.6 Å². The lowest BCUT2D eigenvalue weighted by Crippen LogP contribution is -2.43. The van der Waals surface area contributed by atoms with Crippen molar-refractivity contribution in [3.05, 3.63) is 24.0 Å². The number of nitrogens with one attached hydrogen (secondary N) is 1. The van der Waals surface area contributed by atoms with Crippen LogP contribution in [0.1, 0.15) is 23.3 Å². The summed E-state index contributed by atoms with van der Waals surface area (Å²) in [6.45, 7) is 0. The zero-order valence-electron chi connectivity index (χ0n) is 9.54. The quantitative estimate of drug-likeness (QED) is 0.757. The molecule has 17 heavy (non-hydrogen) atoms. The third-order valence-corrected chi connectivity index (χ3v) is 2.98. The molecule has 1 aliphatic rings. The molecule has 6 nitrogen and oxygen atoms in total. The topological polar surface area (TPSA) is 84.3 Å². The average molecular weight is 237 g/mol. The van der Waals surface area contributed by atoms with E-state index in [-0.39, 0.29) is 23.7 Å². The average Bonchev–Trinajstić information content (AvgIpc) is 2.71. The van der Waals surface area contributed by atoms with Gasteiger partial charge in [0.15, 0.2) is 5.69 Å². The van der Waals surface area contributed by atoms with E-state index in [1.54, 1.807) is 19.2 Å². The molecule has 0 spiro atoms. The minimum atomic E-state index is -0.666. The smallest absolute Gasteiger partial charge is 0.272 e. The monoisotopic (exact) mass is 237 g/mol. The van der Waals surface area contributed by atoms with E-state index in [0.29, 0.717) is 6.42 Å². The molecule has 2 rings (SSSR count). The Kier molecular flexibility index (Phi) is 3.65. The standard InChI is InChI=1S/C11H15N3O3/c1-17-9-5-4-7(10(9)15)13-11(16)8-3-2-6-12-14-8/h2-3,6-7,9-10,15H,4-5H2,1H3,(H,13,16)/t7-,9-,10-/m1/s1. The van der Waals surface area contributed by atoms with Crippen molar-refractivity contribution in [1.29, 1.82) is 0 Å². The minimum absolute atomic E-state index is 0.206. The van der Waals surface area contributed by atoms with Gasteiger partial charge in [-0.05, 0) is 25.0 Å². The summed E-state index contributed by atoms with van der Waals surface area (Å²) in [7, 11) is 1.56. The van der Waals surface area contributed by atoms with Crippen molar-refractivity contribution >= 4 is 5.91 Å². The van der Waals surface area contributed by atoms with E-state index in [1.165, 1.54) is 6.20 Å². The van der Waals surface area contributed by atoms with Gasteiger partial charge in [0.1, 0.15) is 6.10 Å². The van der Waals surface area contributed by atoms with Crippen molar-refractivity contribution in [2.75, 3.05) is 7.11 Å². The fourth-order valence-electron chi connectivity index (χ4n) is 2.02. The van der Waals surface area contributed by atoms with Crippen molar-refractivity contribution in [3.63, 3.8) is 0 Å². The lowest BCUT2D eigenvalue weighted by atomic mass is 10.2. The van der Waals surface area contributed by atoms with Gasteiger partial charge in [-0.15, -0.1) is 5.10 Å². The molecule has 1 aliphatic carbocycles. The second-order valence-corrected chi connectivity index (χ2v) is 4.03. The van der Waals surface area contributed by atoms with Crippen LogP contribution in [0.25, 0.3) is 0 Å². The Morgan fingerprint density at radius 3 is 3.00 bits per heavy atom. The van der Waals surface area contributed by atoms with Crippen LogP contribution in [0.3, 0.4) is 0 Å². The Balaban J connectivity index is 1.96. The molecule has 1 heterocycles. The van der Waals surface area contributed by atoms with Gasteiger partial charge in [0.2, 0.25) is 0 Å². The normalized spacial score (nSPS) is 28.0. The molecule has 1 aromatic rings. The summed E-state index contributed by atoms with van der Waals surface area (Å²) in [6, 6.07) is 2.94. The van der Waals surface area contributed by atoms with Crippen molar-refractivity contribution in [2.45, 2.75) is 31.1 Å². The molecular formula is C11H15N3O3. The van der Waals surface area contributed by atoms with Crippen LogP contribution >= 0.6 is 0 Å². The highest BCUT2D eigenvalue weighted by Crippen LogP contribution is 2.22. The van der Waals surface area contributed by atoms with E-state index in [9.17, 15) is 9.90 Å². The molecule has 1 amide bonds. The highest BCUT2D eigenvalue weighted by molar-refractivity contribution is 5.92. The third kappa shape index (κ3) is 2.59. The molecule has 0 saturated heterocycles. The summed E-state index contributed by atoms with van der Waals surface area (Å²) in [5, 5.41) is 19.9. The first-order valence-corrected chi connectivity index (χ1v) is 5.52. The van der Waals surface area contributed by atoms with Crippen molar-refractivity contribution in [3.8, 4) is 0 Å². The van der Waals surface area contributed by atoms with E-state index >= 15 is 0 Å². The number of nitrogens with zero attached hydrogens (tertiary/aromatic N) is 2. The number of ether oxygens (including phenoxy) is 1. The van der Waals surface area contributed by atoms with Crippen LogP contribution in [-0.2, 0) is 4.74 Å². The van der Waals surface area contributed by atoms with Crippen LogP contribution in [0.5, 0.6) is 0 Å². The maximum absolute atomic E-state index is 11.8. The number of carbonyl (C=O) groups is 1. The van der Waals surface area contributed by atoms with Crippen LogP contribution in [-0.4, -0.2) is 46.6 Å². The van der Waals surface area contributed by atoms with E-state index in [1.807, 2.05) is 0 Å². The molecule has 3 atom stereocenters. The van der Waals surface area contributed by atoms with Crippen molar-refractivity contribution in [1.82, 2.24) is 15.5 Å². The summed E-state index contributed by atoms with van der Waals surface area (Å²) >= 11 is 0. The number of amides is 1. The lowest BCUT2D eigenvalue weighted by Gasteiger charge is -2.19. The number of aromatic nitrogens is 2. The number of rotatable bonds is 3. The molecule has 0 aromatic carbocycles. The maximum atomic E-state index is 11.8. The van der Waals surface area contributed by atoms with Gasteiger partial charge < -0.3 is 15.2 Å². The number of hydrogen-bond donors (Lipinski definition) is 2. The van der Waals surface area contributed by atoms with Gasteiger partial charge >= 0.3 is 0 Å². The molecule has 1 saturated carbocycles. The molecule has 92 valence electrons. The second-order valence-electron chi connectivity index (χ2n) is 4.03. The summed E-state index contributed by atoms with van der Waals surface area (Å²) < 4.78 is 5.11. The molecular weight excluding hydrogens is 222 g/mol. The Hall–Kier alpha value is -1.53. The number of methoxy groups -OCH3 is 1. The van der Waals surface area contributed by atoms with Gasteiger partial charge in [0.05, 0.1) is 12.1 Å². The molecule has 1 aromatic heterocycles. The zero-order chi connectivity index (χ0) is 12.3. The Morgan fingerprint density at radius 1 is 1.59 bits per heavy atom. The fraction of sp³-hybridized carbons (Fsp3) is 0.545. The molecule has 0 aliphatic heterocycles. The molecule has 2 N–H and O–H groups in total. The Bertz CT molecular complexity index is 385. The van der Waals surface area contributed by atoms with Crippen LogP contribution < -0.4 is 5.32 Å². The first-order chi connectivity index (χ1) is 8.22. The van der Waals surface area contributed by atoms with Gasteiger partial charge in [0.25, 0.3) is 5.91 Å². The molecule has 0 radical (unpaired) electrons. The lowest BCUT2D eigenvalue weighted by molar-refractivity contribution is 0.000177. The van der Waals surface area contributed by atoms with Crippen LogP contribution in [0.2, 0.25) is 0 Å². The molecule has 0 bridgehead atoms. The highest BCUT2D eigenvalue weighted by Gasteiger charge is 2.35. The van der Waals surface area contributed by atoms with Gasteiger partial charge in [0, 0.05) is 13.3 Å². The second kappa shape index (κ2) is 5.20. The maximum Gasteiger partial charge on any atom is 0.272 e. The summed E-state index contributed by atoms with van der Waals surface area (Å²) in [5.74, 6) is -0.320. The fourth-order valence-corrected chi connectivity index (χ4v) is 2.02. The predicted molar refractivity (Wildman–Crippen MR) is 59.3 cm³/mol. The molecule has 0 unspecified atom stereocenters. The highest BCUT2D eigenvalue weighted by atomic mass is 16.5. The van der Waals surface area contributed by atoms with E-state index in [2.05, 4.69) is 15.5 Å². The number of aliphatic hydroxyl groups excluding tert-OH is 1. The largest absolute Gasteiger partial charge is 0.388 e. The van der Waals surface area contributed by atoms with E-state index in [0.717, 1.165) is 6.42 Å². The first kappa shape index (κ1) is 11.9. The SMILES string of the molecule is CO[C@@H]1CC[C@@H](NC(=O)c2cccnn2)[C@H]1O. The van der Waals surface area contributed by atoms with Gasteiger partial charge in [-0.25, -0.2) is 0 Å². The zero-order valence-corrected chi connectivity index (χ0v) is 9.54. The summed E-state index contributed by atoms with van der Waals surface area (Å²) in [4.78, 5) is 11.8. The molecule has 6 heteroatoms. The minimum Gasteiger partial charge on any atom is -0.388 e. The number of hydrogen-bond acceptors (Lipinski definition) is 5. The van der Waals surface area contributed by atoms with Crippen LogP contribution in [0.4, 0.5) is 0 Å². The number of aliphatic hydroxyl groups is 1. The van der Waals surface area contributed by atoms with E-state index < -0.39 is 6.10 Å². The van der Waals surface area contributed by atoms with Crippen LogP contribution in [0, 0.1) is 0 Å². The molecule has 1 fully saturated rings. The first-order valence-electron chi connectivity index (χ1n) is 5.52. The third-order valence-electron chi connectivity index (χ3n) is 2.98. The summed E-state index contributed by atoms with van der Waals surface area (Å²) in [6.07, 6.45) is 2.07. The Labute approximate surface area is 99.0 Å². The number of carbonyl (C=O) groups excluding carboxylic acids is 1. The van der Waals surface area contributed by atoms with Gasteiger partial charge in [-0.2, -0.15) is 5.10 Å².